The van der Waals surface area contributed by atoms with Crippen LogP contribution in [0.5, 0.6) is 5.75 Å². The van der Waals surface area contributed by atoms with Crippen LogP contribution in [0.3, 0.4) is 0 Å². The van der Waals surface area contributed by atoms with Gasteiger partial charge in [0.1, 0.15) is 5.75 Å². The fourth-order valence-corrected chi connectivity index (χ4v) is 2.41. The first-order valence-corrected chi connectivity index (χ1v) is 8.62. The van der Waals surface area contributed by atoms with Crippen LogP contribution in [-0.2, 0) is 4.79 Å². The molecule has 0 saturated carbocycles. The minimum absolute atomic E-state index is 0.200. The molecule has 0 spiro atoms. The van der Waals surface area contributed by atoms with E-state index in [9.17, 15) is 10.1 Å². The first-order chi connectivity index (χ1) is 12.1. The molecule has 0 unspecified atom stereocenters. The average Bonchev–Trinajstić information content (AvgIpc) is 2.62. The van der Waals surface area contributed by atoms with Crippen LogP contribution >= 0.6 is 0 Å². The number of aryl methyl sites for hydroxylation is 1. The van der Waals surface area contributed by atoms with Crippen LogP contribution in [0.15, 0.2) is 48.5 Å². The molecule has 0 N–H and O–H groups in total. The van der Waals surface area contributed by atoms with Crippen LogP contribution < -0.4 is 4.74 Å². The Balaban J connectivity index is 2.04. The zero-order chi connectivity index (χ0) is 18.1. The quantitative estimate of drug-likeness (QED) is 0.220. The van der Waals surface area contributed by atoms with E-state index in [0.29, 0.717) is 17.7 Å². The fourth-order valence-electron chi connectivity index (χ4n) is 2.41. The molecule has 3 heteroatoms. The van der Waals surface area contributed by atoms with Crippen LogP contribution in [0.2, 0.25) is 0 Å². The molecule has 0 fully saturated rings. The van der Waals surface area contributed by atoms with Gasteiger partial charge in [-0.2, -0.15) is 5.26 Å². The van der Waals surface area contributed by atoms with Gasteiger partial charge in [0.25, 0.3) is 0 Å². The Morgan fingerprint density at radius 1 is 1.08 bits per heavy atom. The normalized spacial score (nSPS) is 11.0. The number of allylic oxidation sites excluding steroid dienone is 1. The summed E-state index contributed by atoms with van der Waals surface area (Å²) in [5.41, 5.74) is 3.54. The van der Waals surface area contributed by atoms with Crippen LogP contribution in [0, 0.1) is 18.3 Å². The number of ether oxygens (including phenoxy) is 1. The van der Waals surface area contributed by atoms with Gasteiger partial charge in [-0.25, -0.2) is 0 Å². The minimum atomic E-state index is -0.200. The van der Waals surface area contributed by atoms with Crippen LogP contribution in [0.1, 0.15) is 49.3 Å². The Bertz CT molecular complexity index is 765. The second-order valence-corrected chi connectivity index (χ2v) is 6.04. The highest BCUT2D eigenvalue weighted by Crippen LogP contribution is 2.20. The van der Waals surface area contributed by atoms with E-state index >= 15 is 0 Å². The topological polar surface area (TPSA) is 50.1 Å². The highest BCUT2D eigenvalue weighted by atomic mass is 16.5. The van der Waals surface area contributed by atoms with Crippen molar-refractivity contribution in [2.75, 3.05) is 0 Å². The summed E-state index contributed by atoms with van der Waals surface area (Å²) in [6.07, 6.45) is 5.25. The Morgan fingerprint density at radius 3 is 2.36 bits per heavy atom. The van der Waals surface area contributed by atoms with Gasteiger partial charge in [-0.05, 0) is 42.7 Å². The zero-order valence-electron chi connectivity index (χ0n) is 14.8. The number of benzene rings is 2. The molecule has 0 amide bonds. The molecule has 128 valence electrons. The molecule has 0 aliphatic carbocycles. The molecule has 0 radical (unpaired) electrons. The molecule has 0 aliphatic rings. The molecule has 2 rings (SSSR count). The first-order valence-electron chi connectivity index (χ1n) is 8.62. The second-order valence-electron chi connectivity index (χ2n) is 6.04. The molecule has 0 bridgehead atoms. The number of nitriles is 1. The lowest BCUT2D eigenvalue weighted by Gasteiger charge is -2.05. The van der Waals surface area contributed by atoms with Gasteiger partial charge in [0.05, 0.1) is 11.6 Å². The van der Waals surface area contributed by atoms with Crippen molar-refractivity contribution in [1.82, 2.24) is 0 Å². The SMILES string of the molecule is CCCCCC(=O)Oc1ccc(C=C(C#N)c2ccc(C)cc2)cc1. The molecule has 0 saturated heterocycles. The summed E-state index contributed by atoms with van der Waals surface area (Å²) in [5, 5.41) is 9.40. The molecule has 3 nitrogen and oxygen atoms in total. The standard InChI is InChI=1S/C22H23NO2/c1-3-4-5-6-22(24)25-21-13-9-18(10-14-21)15-20(16-23)19-11-7-17(2)8-12-19/h7-15H,3-6H2,1-2H3. The maximum atomic E-state index is 11.7. The van der Waals surface area contributed by atoms with E-state index in [1.54, 1.807) is 12.1 Å². The minimum Gasteiger partial charge on any atom is -0.427 e. The van der Waals surface area contributed by atoms with Crippen molar-refractivity contribution >= 4 is 17.6 Å². The molecule has 0 aliphatic heterocycles. The summed E-state index contributed by atoms with van der Waals surface area (Å²) in [5.74, 6) is 0.335. The summed E-state index contributed by atoms with van der Waals surface area (Å²) in [6, 6.07) is 17.3. The Labute approximate surface area is 149 Å². The summed E-state index contributed by atoms with van der Waals surface area (Å²) in [7, 11) is 0. The van der Waals surface area contributed by atoms with Crippen molar-refractivity contribution in [3.05, 3.63) is 65.2 Å². The van der Waals surface area contributed by atoms with Gasteiger partial charge in [-0.1, -0.05) is 61.7 Å². The molecule has 0 heterocycles. The van der Waals surface area contributed by atoms with Crippen LogP contribution in [-0.4, -0.2) is 5.97 Å². The third-order valence-corrected chi connectivity index (χ3v) is 3.89. The van der Waals surface area contributed by atoms with E-state index in [4.69, 9.17) is 4.74 Å². The van der Waals surface area contributed by atoms with Crippen LogP contribution in [0.25, 0.3) is 11.6 Å². The first kappa shape index (κ1) is 18.5. The van der Waals surface area contributed by atoms with E-state index in [-0.39, 0.29) is 5.97 Å². The van der Waals surface area contributed by atoms with E-state index in [0.717, 1.165) is 36.0 Å². The average molecular weight is 333 g/mol. The Morgan fingerprint density at radius 2 is 1.76 bits per heavy atom. The highest BCUT2D eigenvalue weighted by Gasteiger charge is 2.05. The molecular formula is C22H23NO2. The van der Waals surface area contributed by atoms with Crippen molar-refractivity contribution in [2.45, 2.75) is 39.5 Å². The van der Waals surface area contributed by atoms with Gasteiger partial charge in [0, 0.05) is 6.42 Å². The third kappa shape index (κ3) is 5.93. The largest absolute Gasteiger partial charge is 0.427 e. The van der Waals surface area contributed by atoms with E-state index in [1.165, 1.54) is 0 Å². The number of unbranched alkanes of at least 4 members (excludes halogenated alkanes) is 2. The van der Waals surface area contributed by atoms with Crippen molar-refractivity contribution in [3.8, 4) is 11.8 Å². The zero-order valence-corrected chi connectivity index (χ0v) is 14.8. The number of nitrogens with zero attached hydrogens (tertiary/aromatic N) is 1. The predicted molar refractivity (Wildman–Crippen MR) is 101 cm³/mol. The smallest absolute Gasteiger partial charge is 0.311 e. The number of rotatable bonds is 7. The number of carbonyl (C=O) groups excluding carboxylic acids is 1. The summed E-state index contributed by atoms with van der Waals surface area (Å²) >= 11 is 0. The Hall–Kier alpha value is -2.86. The van der Waals surface area contributed by atoms with Crippen molar-refractivity contribution < 1.29 is 9.53 Å². The number of carbonyl (C=O) groups is 1. The maximum absolute atomic E-state index is 11.7. The van der Waals surface area contributed by atoms with Crippen molar-refractivity contribution in [1.29, 1.82) is 5.26 Å². The summed E-state index contributed by atoms with van der Waals surface area (Å²) in [6.45, 7) is 4.12. The predicted octanol–water partition coefficient (Wildman–Crippen LogP) is 5.54. The lowest BCUT2D eigenvalue weighted by molar-refractivity contribution is -0.134. The summed E-state index contributed by atoms with van der Waals surface area (Å²) < 4.78 is 5.32. The fraction of sp³-hybridized carbons (Fsp3) is 0.273. The van der Waals surface area contributed by atoms with E-state index in [1.807, 2.05) is 49.4 Å². The number of hydrogen-bond donors (Lipinski definition) is 0. The summed E-state index contributed by atoms with van der Waals surface area (Å²) in [4.78, 5) is 11.7. The van der Waals surface area contributed by atoms with Gasteiger partial charge in [0.15, 0.2) is 0 Å². The number of hydrogen-bond acceptors (Lipinski definition) is 3. The van der Waals surface area contributed by atoms with Gasteiger partial charge in [-0.15, -0.1) is 0 Å². The van der Waals surface area contributed by atoms with Gasteiger partial charge in [-0.3, -0.25) is 4.79 Å². The number of esters is 1. The highest BCUT2D eigenvalue weighted by molar-refractivity contribution is 5.89. The van der Waals surface area contributed by atoms with E-state index < -0.39 is 0 Å². The molecule has 0 atom stereocenters. The van der Waals surface area contributed by atoms with Gasteiger partial charge >= 0.3 is 5.97 Å². The lowest BCUT2D eigenvalue weighted by atomic mass is 10.0. The van der Waals surface area contributed by atoms with Crippen LogP contribution in [0.4, 0.5) is 0 Å². The molecule has 2 aromatic rings. The van der Waals surface area contributed by atoms with Gasteiger partial charge < -0.3 is 4.74 Å². The van der Waals surface area contributed by atoms with Crippen molar-refractivity contribution in [2.24, 2.45) is 0 Å². The molecule has 25 heavy (non-hydrogen) atoms. The molecular weight excluding hydrogens is 310 g/mol. The lowest BCUT2D eigenvalue weighted by Crippen LogP contribution is -2.07. The monoisotopic (exact) mass is 333 g/mol. The second kappa shape index (κ2) is 9.44. The maximum Gasteiger partial charge on any atom is 0.311 e. The Kier molecular flexibility index (Phi) is 6.98. The van der Waals surface area contributed by atoms with E-state index in [2.05, 4.69) is 13.0 Å². The third-order valence-electron chi connectivity index (χ3n) is 3.89. The van der Waals surface area contributed by atoms with Gasteiger partial charge in [0.2, 0.25) is 0 Å². The van der Waals surface area contributed by atoms with Crippen molar-refractivity contribution in [3.63, 3.8) is 0 Å². The molecule has 2 aromatic carbocycles. The molecule has 0 aromatic heterocycles.